The quantitative estimate of drug-likeness (QED) is 0.164. The summed E-state index contributed by atoms with van der Waals surface area (Å²) >= 11 is 1.77. The molecule has 4 nitrogen and oxygen atoms in total. The zero-order valence-corrected chi connectivity index (χ0v) is 30.5. The SMILES string of the molecule is c1ccc(-c2ccc(-c3cc(-c4cccc5sc6c(-c7nc(-c8ccccc8)cc(-c8ccccc8)n7)cccc6c45)nc(-c4ccccc4)n3)cc2)cc1. The molecule has 0 bridgehead atoms. The number of aromatic nitrogens is 4. The molecule has 0 atom stereocenters. The molecule has 0 unspecified atom stereocenters. The van der Waals surface area contributed by atoms with Gasteiger partial charge in [-0.05, 0) is 35.4 Å². The van der Waals surface area contributed by atoms with Crippen LogP contribution in [0.4, 0.5) is 0 Å². The van der Waals surface area contributed by atoms with Gasteiger partial charge in [-0.1, -0.05) is 170 Å². The van der Waals surface area contributed by atoms with Gasteiger partial charge in [0, 0.05) is 53.6 Å². The van der Waals surface area contributed by atoms with E-state index in [1.807, 2.05) is 36.4 Å². The number of hydrogen-bond acceptors (Lipinski definition) is 5. The second kappa shape index (κ2) is 14.0. The van der Waals surface area contributed by atoms with Crippen LogP contribution in [0.3, 0.4) is 0 Å². The predicted octanol–water partition coefficient (Wildman–Crippen LogP) is 13.3. The van der Waals surface area contributed by atoms with E-state index < -0.39 is 0 Å². The largest absolute Gasteiger partial charge is 0.228 e. The summed E-state index contributed by atoms with van der Waals surface area (Å²) in [5.74, 6) is 1.39. The van der Waals surface area contributed by atoms with Gasteiger partial charge < -0.3 is 0 Å². The summed E-state index contributed by atoms with van der Waals surface area (Å²) < 4.78 is 2.32. The highest BCUT2D eigenvalue weighted by Gasteiger charge is 2.19. The van der Waals surface area contributed by atoms with E-state index >= 15 is 0 Å². The van der Waals surface area contributed by atoms with Gasteiger partial charge in [0.25, 0.3) is 0 Å². The second-order valence-electron chi connectivity index (χ2n) is 13.4. The van der Waals surface area contributed by atoms with Crippen molar-refractivity contribution in [2.24, 2.45) is 0 Å². The smallest absolute Gasteiger partial charge is 0.161 e. The summed E-state index contributed by atoms with van der Waals surface area (Å²) in [4.78, 5) is 20.7. The van der Waals surface area contributed by atoms with Gasteiger partial charge >= 0.3 is 0 Å². The Bertz CT molecular complexity index is 2890. The minimum atomic E-state index is 0.692. The molecule has 0 aliphatic carbocycles. The third kappa shape index (κ3) is 6.27. The van der Waals surface area contributed by atoms with Crippen LogP contribution in [0.15, 0.2) is 194 Å². The molecule has 3 heterocycles. The first-order valence-corrected chi connectivity index (χ1v) is 19.1. The molecule has 5 heteroatoms. The van der Waals surface area contributed by atoms with Crippen LogP contribution in [0.1, 0.15) is 0 Å². The van der Waals surface area contributed by atoms with Gasteiger partial charge in [-0.2, -0.15) is 0 Å². The molecule has 0 saturated carbocycles. The van der Waals surface area contributed by atoms with Crippen LogP contribution in [0.2, 0.25) is 0 Å². The summed E-state index contributed by atoms with van der Waals surface area (Å²) in [5.41, 5.74) is 12.1. The van der Waals surface area contributed by atoms with Crippen molar-refractivity contribution in [3.8, 4) is 78.9 Å². The van der Waals surface area contributed by atoms with E-state index in [-0.39, 0.29) is 0 Å². The molecule has 10 aromatic rings. The normalized spacial score (nSPS) is 11.3. The van der Waals surface area contributed by atoms with Crippen molar-refractivity contribution < 1.29 is 0 Å². The van der Waals surface area contributed by atoms with Gasteiger partial charge in [-0.15, -0.1) is 11.3 Å². The average molecular weight is 721 g/mol. The molecule has 0 spiro atoms. The molecule has 0 aliphatic heterocycles. The molecule has 0 amide bonds. The van der Waals surface area contributed by atoms with Crippen molar-refractivity contribution in [3.05, 3.63) is 194 Å². The standard InChI is InChI=1S/C50H32N4S/c1-5-15-33(16-6-1)34-27-29-37(30-28-34)44-32-45(54-49(51-44)38-21-11-4-12-22-38)39-23-14-26-46-47(39)40-24-13-25-41(48(40)55-46)50-52-42(35-17-7-2-8-18-35)31-43(53-50)36-19-9-3-10-20-36/h1-32H. The lowest BCUT2D eigenvalue weighted by molar-refractivity contribution is 1.19. The van der Waals surface area contributed by atoms with E-state index in [4.69, 9.17) is 19.9 Å². The fraction of sp³-hybridized carbons (Fsp3) is 0. The van der Waals surface area contributed by atoms with E-state index in [2.05, 4.69) is 158 Å². The van der Waals surface area contributed by atoms with Gasteiger partial charge in [-0.3, -0.25) is 0 Å². The molecular weight excluding hydrogens is 689 g/mol. The monoisotopic (exact) mass is 720 g/mol. The highest BCUT2D eigenvalue weighted by atomic mass is 32.1. The third-order valence-electron chi connectivity index (χ3n) is 9.95. The van der Waals surface area contributed by atoms with E-state index in [9.17, 15) is 0 Å². The summed E-state index contributed by atoms with van der Waals surface area (Å²) in [6.45, 7) is 0. The Balaban J connectivity index is 1.15. The molecular formula is C50H32N4S. The van der Waals surface area contributed by atoms with Crippen LogP contribution in [0, 0.1) is 0 Å². The number of benzene rings is 7. The molecule has 3 aromatic heterocycles. The Morgan fingerprint density at radius 1 is 0.309 bits per heavy atom. The summed E-state index contributed by atoms with van der Waals surface area (Å²) in [5, 5.41) is 2.31. The van der Waals surface area contributed by atoms with Crippen LogP contribution in [-0.4, -0.2) is 19.9 Å². The van der Waals surface area contributed by atoms with Crippen LogP contribution in [-0.2, 0) is 0 Å². The lowest BCUT2D eigenvalue weighted by atomic mass is 9.99. The van der Waals surface area contributed by atoms with Gasteiger partial charge in [0.15, 0.2) is 11.6 Å². The fourth-order valence-corrected chi connectivity index (χ4v) is 8.47. The van der Waals surface area contributed by atoms with Crippen LogP contribution in [0.25, 0.3) is 99.1 Å². The summed E-state index contributed by atoms with van der Waals surface area (Å²) in [6.07, 6.45) is 0. The number of nitrogens with zero attached hydrogens (tertiary/aromatic N) is 4. The molecule has 0 radical (unpaired) electrons. The zero-order chi connectivity index (χ0) is 36.6. The first-order valence-electron chi connectivity index (χ1n) is 18.3. The number of thiophene rings is 1. The lowest BCUT2D eigenvalue weighted by Gasteiger charge is -2.11. The van der Waals surface area contributed by atoms with Crippen LogP contribution in [0.5, 0.6) is 0 Å². The van der Waals surface area contributed by atoms with Crippen molar-refractivity contribution in [1.29, 1.82) is 0 Å². The highest BCUT2D eigenvalue weighted by molar-refractivity contribution is 7.26. The van der Waals surface area contributed by atoms with Crippen molar-refractivity contribution in [2.75, 3.05) is 0 Å². The highest BCUT2D eigenvalue weighted by Crippen LogP contribution is 2.44. The molecule has 0 saturated heterocycles. The Morgan fingerprint density at radius 2 is 0.745 bits per heavy atom. The number of fused-ring (bicyclic) bond motifs is 3. The second-order valence-corrected chi connectivity index (χ2v) is 14.5. The molecule has 258 valence electrons. The van der Waals surface area contributed by atoms with Gasteiger partial charge in [0.2, 0.25) is 0 Å². The molecule has 0 fully saturated rings. The molecule has 0 N–H and O–H groups in total. The Morgan fingerprint density at radius 3 is 1.36 bits per heavy atom. The minimum Gasteiger partial charge on any atom is -0.228 e. The molecule has 55 heavy (non-hydrogen) atoms. The number of hydrogen-bond donors (Lipinski definition) is 0. The molecule has 10 rings (SSSR count). The fourth-order valence-electron chi connectivity index (χ4n) is 7.23. The van der Waals surface area contributed by atoms with E-state index in [0.29, 0.717) is 11.6 Å². The Kier molecular flexibility index (Phi) is 8.32. The van der Waals surface area contributed by atoms with E-state index in [1.165, 1.54) is 15.8 Å². The number of rotatable bonds is 7. The first-order chi connectivity index (χ1) is 27.2. The predicted molar refractivity (Wildman–Crippen MR) is 229 cm³/mol. The van der Waals surface area contributed by atoms with Gasteiger partial charge in [0.05, 0.1) is 22.8 Å². The van der Waals surface area contributed by atoms with Crippen molar-refractivity contribution in [1.82, 2.24) is 19.9 Å². The van der Waals surface area contributed by atoms with Crippen LogP contribution >= 0.6 is 11.3 Å². The van der Waals surface area contributed by atoms with Gasteiger partial charge in [-0.25, -0.2) is 19.9 Å². The first kappa shape index (κ1) is 32.6. The van der Waals surface area contributed by atoms with Gasteiger partial charge in [0.1, 0.15) is 0 Å². The third-order valence-corrected chi connectivity index (χ3v) is 11.2. The summed E-state index contributed by atoms with van der Waals surface area (Å²) in [6, 6.07) is 67.2. The summed E-state index contributed by atoms with van der Waals surface area (Å²) in [7, 11) is 0. The lowest BCUT2D eigenvalue weighted by Crippen LogP contribution is -1.96. The van der Waals surface area contributed by atoms with Crippen molar-refractivity contribution in [3.63, 3.8) is 0 Å². The maximum Gasteiger partial charge on any atom is 0.161 e. The Hall–Kier alpha value is -7.08. The maximum absolute atomic E-state index is 5.24. The minimum absolute atomic E-state index is 0.692. The van der Waals surface area contributed by atoms with Crippen LogP contribution < -0.4 is 0 Å². The Labute approximate surface area is 323 Å². The molecule has 0 aliphatic rings. The topological polar surface area (TPSA) is 51.6 Å². The van der Waals surface area contributed by atoms with Crippen molar-refractivity contribution in [2.45, 2.75) is 0 Å². The average Bonchev–Trinajstić information content (AvgIpc) is 3.67. The maximum atomic E-state index is 5.24. The van der Waals surface area contributed by atoms with E-state index in [1.54, 1.807) is 11.3 Å². The van der Waals surface area contributed by atoms with Crippen molar-refractivity contribution >= 4 is 31.5 Å². The zero-order valence-electron chi connectivity index (χ0n) is 29.7. The molecule has 7 aromatic carbocycles. The van der Waals surface area contributed by atoms with E-state index in [0.717, 1.165) is 71.6 Å².